The zero-order valence-corrected chi connectivity index (χ0v) is 8.00. The van der Waals surface area contributed by atoms with Crippen molar-refractivity contribution in [2.45, 2.75) is 26.7 Å². The van der Waals surface area contributed by atoms with Crippen molar-refractivity contribution < 1.29 is 14.4 Å². The van der Waals surface area contributed by atoms with Crippen LogP contribution in [0.15, 0.2) is 0 Å². The fraction of sp³-hybridized carbons (Fsp3) is 0.750. The minimum Gasteiger partial charge on any atom is -0.368 e. The fourth-order valence-corrected chi connectivity index (χ4v) is 0.921. The molecule has 3 N–H and O–H groups in total. The molecule has 13 heavy (non-hydrogen) atoms. The standard InChI is InChI=1S/C8H16N2O3/c1-3-6(4-2)8(12)10-13-5-7(9)11/h6H,3-5H2,1-2H3,(H2,9,11)(H,10,12). The van der Waals surface area contributed by atoms with E-state index in [1.807, 2.05) is 13.8 Å². The van der Waals surface area contributed by atoms with Crippen molar-refractivity contribution in [1.82, 2.24) is 5.48 Å². The molecule has 0 aromatic rings. The Hall–Kier alpha value is -1.10. The molecule has 0 heterocycles. The van der Waals surface area contributed by atoms with E-state index < -0.39 is 5.91 Å². The van der Waals surface area contributed by atoms with Crippen LogP contribution in [0, 0.1) is 5.92 Å². The zero-order chi connectivity index (χ0) is 10.3. The van der Waals surface area contributed by atoms with Crippen LogP contribution in [0.1, 0.15) is 26.7 Å². The monoisotopic (exact) mass is 188 g/mol. The van der Waals surface area contributed by atoms with Crippen molar-refractivity contribution in [2.75, 3.05) is 6.61 Å². The molecular formula is C8H16N2O3. The van der Waals surface area contributed by atoms with Crippen LogP contribution in [0.3, 0.4) is 0 Å². The average molecular weight is 188 g/mol. The third kappa shape index (κ3) is 5.19. The minimum absolute atomic E-state index is 0.0622. The molecule has 5 heteroatoms. The second-order valence-corrected chi connectivity index (χ2v) is 2.73. The predicted octanol–water partition coefficient (Wildman–Crippen LogP) is -0.0443. The summed E-state index contributed by atoms with van der Waals surface area (Å²) < 4.78 is 0. The summed E-state index contributed by atoms with van der Waals surface area (Å²) in [5.41, 5.74) is 6.98. The molecule has 0 aliphatic heterocycles. The maximum absolute atomic E-state index is 11.2. The Morgan fingerprint density at radius 3 is 2.31 bits per heavy atom. The van der Waals surface area contributed by atoms with Crippen LogP contribution in [0.25, 0.3) is 0 Å². The molecule has 0 saturated heterocycles. The van der Waals surface area contributed by atoms with E-state index in [2.05, 4.69) is 10.3 Å². The highest BCUT2D eigenvalue weighted by Crippen LogP contribution is 2.06. The Labute approximate surface area is 77.6 Å². The van der Waals surface area contributed by atoms with Crippen molar-refractivity contribution in [3.8, 4) is 0 Å². The largest absolute Gasteiger partial charge is 0.368 e. The summed E-state index contributed by atoms with van der Waals surface area (Å²) in [6.07, 6.45) is 1.50. The molecule has 0 atom stereocenters. The van der Waals surface area contributed by atoms with Crippen molar-refractivity contribution in [3.63, 3.8) is 0 Å². The molecular weight excluding hydrogens is 172 g/mol. The average Bonchev–Trinajstić information content (AvgIpc) is 2.05. The van der Waals surface area contributed by atoms with Crippen molar-refractivity contribution in [1.29, 1.82) is 0 Å². The molecule has 0 spiro atoms. The van der Waals surface area contributed by atoms with Crippen molar-refractivity contribution in [2.24, 2.45) is 11.7 Å². The summed E-state index contributed by atoms with van der Waals surface area (Å²) in [5.74, 6) is -0.871. The van der Waals surface area contributed by atoms with Crippen LogP contribution in [-0.4, -0.2) is 18.4 Å². The number of primary amides is 1. The lowest BCUT2D eigenvalue weighted by Gasteiger charge is -2.11. The number of nitrogens with two attached hydrogens (primary N) is 1. The van der Waals surface area contributed by atoms with Crippen LogP contribution in [0.4, 0.5) is 0 Å². The van der Waals surface area contributed by atoms with E-state index in [0.717, 1.165) is 12.8 Å². The number of hydroxylamine groups is 1. The molecule has 76 valence electrons. The first-order chi connectivity index (χ1) is 6.11. The van der Waals surface area contributed by atoms with Gasteiger partial charge in [-0.25, -0.2) is 5.48 Å². The van der Waals surface area contributed by atoms with Gasteiger partial charge in [0.25, 0.3) is 0 Å². The van der Waals surface area contributed by atoms with E-state index in [1.54, 1.807) is 0 Å². The first kappa shape index (κ1) is 11.9. The van der Waals surface area contributed by atoms with Gasteiger partial charge in [-0.2, -0.15) is 0 Å². The summed E-state index contributed by atoms with van der Waals surface area (Å²) in [4.78, 5) is 26.0. The van der Waals surface area contributed by atoms with E-state index >= 15 is 0 Å². The number of amides is 2. The second kappa shape index (κ2) is 6.42. The Bertz CT molecular complexity index is 178. The smallest absolute Gasteiger partial charge is 0.246 e. The molecule has 0 rings (SSSR count). The lowest BCUT2D eigenvalue weighted by molar-refractivity contribution is -0.141. The van der Waals surface area contributed by atoms with Gasteiger partial charge >= 0.3 is 0 Å². The van der Waals surface area contributed by atoms with Gasteiger partial charge in [-0.3, -0.25) is 14.4 Å². The normalized spacial score (nSPS) is 10.1. The van der Waals surface area contributed by atoms with Crippen LogP contribution < -0.4 is 11.2 Å². The molecule has 0 saturated carbocycles. The van der Waals surface area contributed by atoms with Crippen molar-refractivity contribution in [3.05, 3.63) is 0 Å². The van der Waals surface area contributed by atoms with Gasteiger partial charge in [0.1, 0.15) is 0 Å². The predicted molar refractivity (Wildman–Crippen MR) is 47.4 cm³/mol. The highest BCUT2D eigenvalue weighted by atomic mass is 16.7. The number of hydrogen-bond donors (Lipinski definition) is 2. The molecule has 0 unspecified atom stereocenters. The summed E-state index contributed by atoms with van der Waals surface area (Å²) in [6.45, 7) is 3.55. The number of nitrogens with one attached hydrogen (secondary N) is 1. The quantitative estimate of drug-likeness (QED) is 0.574. The van der Waals surface area contributed by atoms with Gasteiger partial charge in [-0.05, 0) is 12.8 Å². The molecule has 0 radical (unpaired) electrons. The number of carbonyl (C=O) groups is 2. The Balaban J connectivity index is 3.66. The number of rotatable bonds is 6. The topological polar surface area (TPSA) is 81.4 Å². The SMILES string of the molecule is CCC(CC)C(=O)NOCC(N)=O. The molecule has 0 fully saturated rings. The van der Waals surface area contributed by atoms with E-state index in [-0.39, 0.29) is 18.4 Å². The Kier molecular flexibility index (Phi) is 5.88. The molecule has 0 bridgehead atoms. The van der Waals surface area contributed by atoms with Crippen LogP contribution in [-0.2, 0) is 14.4 Å². The molecule has 0 aliphatic carbocycles. The molecule has 0 aromatic heterocycles. The third-order valence-electron chi connectivity index (χ3n) is 1.74. The van der Waals surface area contributed by atoms with Gasteiger partial charge in [0.05, 0.1) is 0 Å². The summed E-state index contributed by atoms with van der Waals surface area (Å²) in [6, 6.07) is 0. The van der Waals surface area contributed by atoms with Gasteiger partial charge in [0.2, 0.25) is 11.8 Å². The highest BCUT2D eigenvalue weighted by Gasteiger charge is 2.13. The Morgan fingerprint density at radius 2 is 1.92 bits per heavy atom. The van der Waals surface area contributed by atoms with E-state index in [0.29, 0.717) is 0 Å². The van der Waals surface area contributed by atoms with Crippen LogP contribution in [0.5, 0.6) is 0 Å². The summed E-state index contributed by atoms with van der Waals surface area (Å²) >= 11 is 0. The second-order valence-electron chi connectivity index (χ2n) is 2.73. The number of hydrogen-bond acceptors (Lipinski definition) is 3. The first-order valence-corrected chi connectivity index (χ1v) is 4.31. The fourth-order valence-electron chi connectivity index (χ4n) is 0.921. The summed E-state index contributed by atoms with van der Waals surface area (Å²) in [7, 11) is 0. The van der Waals surface area contributed by atoms with Gasteiger partial charge in [0, 0.05) is 5.92 Å². The maximum Gasteiger partial charge on any atom is 0.246 e. The minimum atomic E-state index is -0.607. The van der Waals surface area contributed by atoms with Crippen LogP contribution >= 0.6 is 0 Å². The lowest BCUT2D eigenvalue weighted by Crippen LogP contribution is -2.33. The Morgan fingerprint density at radius 1 is 1.38 bits per heavy atom. The number of carbonyl (C=O) groups excluding carboxylic acids is 2. The van der Waals surface area contributed by atoms with Gasteiger partial charge < -0.3 is 5.73 Å². The van der Waals surface area contributed by atoms with Crippen LogP contribution in [0.2, 0.25) is 0 Å². The van der Waals surface area contributed by atoms with E-state index in [4.69, 9.17) is 5.73 Å². The third-order valence-corrected chi connectivity index (χ3v) is 1.74. The van der Waals surface area contributed by atoms with E-state index in [9.17, 15) is 9.59 Å². The van der Waals surface area contributed by atoms with E-state index in [1.165, 1.54) is 0 Å². The first-order valence-electron chi connectivity index (χ1n) is 4.31. The van der Waals surface area contributed by atoms with Gasteiger partial charge in [-0.15, -0.1) is 0 Å². The molecule has 0 aromatic carbocycles. The summed E-state index contributed by atoms with van der Waals surface area (Å²) in [5, 5.41) is 0. The molecule has 0 aliphatic rings. The van der Waals surface area contributed by atoms with Gasteiger partial charge in [0.15, 0.2) is 6.61 Å². The highest BCUT2D eigenvalue weighted by molar-refractivity contribution is 5.78. The maximum atomic E-state index is 11.2. The molecule has 5 nitrogen and oxygen atoms in total. The zero-order valence-electron chi connectivity index (χ0n) is 8.00. The lowest BCUT2D eigenvalue weighted by atomic mass is 10.0. The molecule has 2 amide bonds. The van der Waals surface area contributed by atoms with Crippen molar-refractivity contribution >= 4 is 11.8 Å². The van der Waals surface area contributed by atoms with Gasteiger partial charge in [-0.1, -0.05) is 13.8 Å².